The summed E-state index contributed by atoms with van der Waals surface area (Å²) in [6.45, 7) is 3.80. The van der Waals surface area contributed by atoms with E-state index < -0.39 is 46.8 Å². The van der Waals surface area contributed by atoms with Gasteiger partial charge in [0, 0.05) is 10.9 Å². The summed E-state index contributed by atoms with van der Waals surface area (Å²) in [6, 6.07) is 21.9. The van der Waals surface area contributed by atoms with Crippen LogP contribution in [0.1, 0.15) is 35.4 Å². The van der Waals surface area contributed by atoms with Gasteiger partial charge in [0.1, 0.15) is 5.75 Å². The lowest BCUT2D eigenvalue weighted by Crippen LogP contribution is -2.53. The number of rotatable bonds is 9. The van der Waals surface area contributed by atoms with Gasteiger partial charge >= 0.3 is 0 Å². The third-order valence-electron chi connectivity index (χ3n) is 11.8. The SMILES string of the molecule is C=Cc1ccc(N2C(=O)[C@H]3[C@H](CC=C4[C@H]3C[C@H]3C(=O)N(Nc5ccc(Cl)cc5Cl)C(=O)[C@@]3(c3ccc(OC)cc3)[C@H]4c3cc(OC)c(O)c(OC)c3)C2=O)cc1. The number of aromatic hydroxyl groups is 1. The van der Waals surface area contributed by atoms with Gasteiger partial charge in [-0.05, 0) is 90.0 Å². The molecule has 2 aliphatic carbocycles. The molecular formula is C43H37Cl2N3O8. The molecule has 6 atom stereocenters. The first-order valence-corrected chi connectivity index (χ1v) is 18.7. The van der Waals surface area contributed by atoms with Crippen molar-refractivity contribution < 1.29 is 38.5 Å². The lowest BCUT2D eigenvalue weighted by Gasteiger charge is -2.50. The molecule has 0 spiro atoms. The molecular weight excluding hydrogens is 757 g/mol. The molecule has 2 aliphatic heterocycles. The Bertz CT molecular complexity index is 2320. The molecule has 2 saturated heterocycles. The largest absolute Gasteiger partial charge is 0.502 e. The number of phenols is 1. The number of phenolic OH excluding ortho intramolecular Hbond substituents is 1. The van der Waals surface area contributed by atoms with Crippen LogP contribution in [0.25, 0.3) is 6.08 Å². The molecule has 4 aromatic carbocycles. The van der Waals surface area contributed by atoms with Gasteiger partial charge in [-0.1, -0.05) is 71.8 Å². The number of amides is 4. The summed E-state index contributed by atoms with van der Waals surface area (Å²) in [5, 5.41) is 12.6. The zero-order chi connectivity index (χ0) is 39.6. The van der Waals surface area contributed by atoms with E-state index >= 15 is 9.59 Å². The third kappa shape index (κ3) is 5.47. The number of imide groups is 2. The predicted octanol–water partition coefficient (Wildman–Crippen LogP) is 7.56. The smallest absolute Gasteiger partial charge is 0.260 e. The molecule has 4 aromatic rings. The summed E-state index contributed by atoms with van der Waals surface area (Å²) in [4.78, 5) is 60.6. The third-order valence-corrected chi connectivity index (χ3v) is 12.4. The summed E-state index contributed by atoms with van der Waals surface area (Å²) in [7, 11) is 4.34. The minimum Gasteiger partial charge on any atom is -0.502 e. The van der Waals surface area contributed by atoms with Gasteiger partial charge in [-0.2, -0.15) is 5.01 Å². The van der Waals surface area contributed by atoms with Crippen LogP contribution in [0.5, 0.6) is 23.0 Å². The number of benzene rings is 4. The normalized spacial score (nSPS) is 25.3. The molecule has 0 bridgehead atoms. The average molecular weight is 795 g/mol. The van der Waals surface area contributed by atoms with Crippen molar-refractivity contribution in [1.82, 2.24) is 5.01 Å². The molecule has 11 nitrogen and oxygen atoms in total. The Hall–Kier alpha value is -5.78. The molecule has 56 heavy (non-hydrogen) atoms. The number of carbonyl (C=O) groups is 4. The Labute approximate surface area is 333 Å². The minimum absolute atomic E-state index is 0.0707. The Morgan fingerprint density at radius 3 is 2.12 bits per heavy atom. The Kier molecular flexibility index (Phi) is 9.33. The van der Waals surface area contributed by atoms with Crippen molar-refractivity contribution in [3.8, 4) is 23.0 Å². The fourth-order valence-corrected chi connectivity index (χ4v) is 9.76. The van der Waals surface area contributed by atoms with E-state index in [-0.39, 0.29) is 52.6 Å². The van der Waals surface area contributed by atoms with E-state index in [9.17, 15) is 14.7 Å². The first-order chi connectivity index (χ1) is 27.0. The van der Waals surface area contributed by atoms with Crippen molar-refractivity contribution in [2.75, 3.05) is 31.7 Å². The quantitative estimate of drug-likeness (QED) is 0.130. The monoisotopic (exact) mass is 793 g/mol. The second kappa shape index (κ2) is 14.1. The maximum absolute atomic E-state index is 15.5. The van der Waals surface area contributed by atoms with Crippen LogP contribution in [0.15, 0.2) is 97.1 Å². The topological polar surface area (TPSA) is 135 Å². The lowest BCUT2D eigenvalue weighted by atomic mass is 9.49. The van der Waals surface area contributed by atoms with Gasteiger partial charge in [0.05, 0.1) is 60.9 Å². The van der Waals surface area contributed by atoms with E-state index in [1.807, 2.05) is 6.08 Å². The number of hydrogen-bond acceptors (Lipinski definition) is 9. The lowest BCUT2D eigenvalue weighted by molar-refractivity contribution is -0.138. The van der Waals surface area contributed by atoms with Crippen LogP contribution in [-0.4, -0.2) is 55.1 Å². The average Bonchev–Trinajstić information content (AvgIpc) is 3.59. The summed E-state index contributed by atoms with van der Waals surface area (Å²) >= 11 is 12.8. The highest BCUT2D eigenvalue weighted by Gasteiger charge is 2.70. The first-order valence-electron chi connectivity index (χ1n) is 18.0. The van der Waals surface area contributed by atoms with Crippen molar-refractivity contribution in [1.29, 1.82) is 0 Å². The number of halogens is 2. The van der Waals surface area contributed by atoms with E-state index in [1.54, 1.807) is 78.9 Å². The number of nitrogens with zero attached hydrogens (tertiary/aromatic N) is 2. The summed E-state index contributed by atoms with van der Waals surface area (Å²) in [6.07, 6.45) is 3.92. The molecule has 3 fully saturated rings. The van der Waals surface area contributed by atoms with Gasteiger partial charge in [-0.15, -0.1) is 0 Å². The zero-order valence-electron chi connectivity index (χ0n) is 30.6. The van der Waals surface area contributed by atoms with Crippen molar-refractivity contribution in [3.63, 3.8) is 0 Å². The van der Waals surface area contributed by atoms with Crippen LogP contribution in [0.4, 0.5) is 11.4 Å². The number of hydrogen-bond donors (Lipinski definition) is 2. The van der Waals surface area contributed by atoms with Crippen molar-refractivity contribution in [2.24, 2.45) is 23.7 Å². The van der Waals surface area contributed by atoms with Gasteiger partial charge in [0.25, 0.3) is 11.8 Å². The van der Waals surface area contributed by atoms with E-state index in [2.05, 4.69) is 12.0 Å². The number of methoxy groups -OCH3 is 3. The van der Waals surface area contributed by atoms with E-state index in [0.29, 0.717) is 33.2 Å². The van der Waals surface area contributed by atoms with E-state index in [0.717, 1.165) is 10.6 Å². The van der Waals surface area contributed by atoms with Crippen LogP contribution in [0.3, 0.4) is 0 Å². The molecule has 1 saturated carbocycles. The Balaban J connectivity index is 1.35. The molecule has 4 aliphatic rings. The summed E-state index contributed by atoms with van der Waals surface area (Å²) in [5.41, 5.74) is 4.64. The molecule has 13 heteroatoms. The molecule has 286 valence electrons. The summed E-state index contributed by atoms with van der Waals surface area (Å²) < 4.78 is 16.7. The molecule has 2 heterocycles. The van der Waals surface area contributed by atoms with Crippen LogP contribution >= 0.6 is 23.2 Å². The highest BCUT2D eigenvalue weighted by atomic mass is 35.5. The van der Waals surface area contributed by atoms with Crippen molar-refractivity contribution in [2.45, 2.75) is 24.2 Å². The van der Waals surface area contributed by atoms with E-state index in [1.165, 1.54) is 32.3 Å². The van der Waals surface area contributed by atoms with Crippen LogP contribution in [-0.2, 0) is 24.6 Å². The first kappa shape index (κ1) is 37.2. The standard InChI is InChI=1S/C43H37Cl2N3O8/c1-5-22-6-11-26(12-7-22)47-39(50)29-16-15-28-30(36(29)41(47)52)21-31-40(51)48(46-33-17-10-25(44)20-32(33)45)42(53)43(31,24-8-13-27(54-2)14-9-24)37(28)23-18-34(55-3)38(49)35(19-23)56-4/h5-15,17-20,29-31,36-37,46,49H,1,16,21H2,2-4H3/t29-,30+,31-,36-,37-,43+/m0/s1. The van der Waals surface area contributed by atoms with Gasteiger partial charge in [-0.25, -0.2) is 0 Å². The molecule has 0 radical (unpaired) electrons. The number of ether oxygens (including phenoxy) is 3. The highest BCUT2D eigenvalue weighted by molar-refractivity contribution is 6.36. The maximum Gasteiger partial charge on any atom is 0.260 e. The minimum atomic E-state index is -1.62. The molecule has 2 N–H and O–H groups in total. The second-order valence-electron chi connectivity index (χ2n) is 14.3. The number of fused-ring (bicyclic) bond motifs is 4. The van der Waals surface area contributed by atoms with Crippen molar-refractivity contribution in [3.05, 3.63) is 124 Å². The Morgan fingerprint density at radius 2 is 1.52 bits per heavy atom. The van der Waals surface area contributed by atoms with Gasteiger partial charge < -0.3 is 19.3 Å². The van der Waals surface area contributed by atoms with E-state index in [4.69, 9.17) is 37.4 Å². The van der Waals surface area contributed by atoms with Gasteiger partial charge in [0.2, 0.25) is 17.6 Å². The molecule has 0 unspecified atom stereocenters. The van der Waals surface area contributed by atoms with Gasteiger partial charge in [-0.3, -0.25) is 29.5 Å². The fraction of sp³-hybridized carbons (Fsp3) is 0.256. The number of allylic oxidation sites excluding steroid dienone is 2. The Morgan fingerprint density at radius 1 is 0.839 bits per heavy atom. The zero-order valence-corrected chi connectivity index (χ0v) is 32.1. The highest BCUT2D eigenvalue weighted by Crippen LogP contribution is 2.65. The summed E-state index contributed by atoms with van der Waals surface area (Å²) in [5.74, 6) is -5.49. The van der Waals surface area contributed by atoms with Gasteiger partial charge in [0.15, 0.2) is 11.5 Å². The van der Waals surface area contributed by atoms with Crippen LogP contribution in [0.2, 0.25) is 10.0 Å². The number of carbonyl (C=O) groups excluding carboxylic acids is 4. The predicted molar refractivity (Wildman–Crippen MR) is 211 cm³/mol. The van der Waals surface area contributed by atoms with Crippen LogP contribution < -0.4 is 24.5 Å². The fourth-order valence-electron chi connectivity index (χ4n) is 9.31. The molecule has 8 rings (SSSR count). The number of hydrazine groups is 1. The number of anilines is 2. The maximum atomic E-state index is 15.5. The van der Waals surface area contributed by atoms with Crippen LogP contribution in [0, 0.1) is 23.7 Å². The molecule has 4 amide bonds. The second-order valence-corrected chi connectivity index (χ2v) is 15.1. The number of nitrogens with one attached hydrogen (secondary N) is 1. The van der Waals surface area contributed by atoms with Crippen molar-refractivity contribution >= 4 is 64.3 Å². The molecule has 0 aromatic heterocycles.